The zero-order valence-corrected chi connectivity index (χ0v) is 9.69. The van der Waals surface area contributed by atoms with Crippen molar-refractivity contribution in [3.63, 3.8) is 0 Å². The summed E-state index contributed by atoms with van der Waals surface area (Å²) in [7, 11) is 0. The fraction of sp³-hybridized carbons (Fsp3) is 0.462. The van der Waals surface area contributed by atoms with Gasteiger partial charge in [-0.25, -0.2) is 0 Å². The maximum Gasteiger partial charge on any atom is 0.258 e. The van der Waals surface area contributed by atoms with Crippen molar-refractivity contribution in [2.75, 3.05) is 6.61 Å². The lowest BCUT2D eigenvalue weighted by molar-refractivity contribution is -0.123. The van der Waals surface area contributed by atoms with Crippen LogP contribution in [0.25, 0.3) is 0 Å². The predicted octanol–water partition coefficient (Wildman–Crippen LogP) is 1.83. The van der Waals surface area contributed by atoms with Gasteiger partial charge < -0.3 is 15.2 Å². The minimum Gasteiger partial charge on any atom is -0.508 e. The topological polar surface area (TPSA) is 58.6 Å². The maximum absolute atomic E-state index is 11.6. The third-order valence-corrected chi connectivity index (χ3v) is 2.93. The van der Waals surface area contributed by atoms with Crippen molar-refractivity contribution in [3.8, 4) is 11.5 Å². The van der Waals surface area contributed by atoms with E-state index in [-0.39, 0.29) is 18.3 Å². The molecule has 4 heteroatoms. The number of ether oxygens (including phenoxy) is 1. The molecule has 1 aliphatic rings. The van der Waals surface area contributed by atoms with Crippen LogP contribution in [0, 0.1) is 0 Å². The van der Waals surface area contributed by atoms with Crippen LogP contribution in [0.2, 0.25) is 0 Å². The van der Waals surface area contributed by atoms with E-state index in [0.717, 1.165) is 12.8 Å². The number of hydrogen-bond donors (Lipinski definition) is 2. The number of rotatable bonds is 4. The van der Waals surface area contributed by atoms with Crippen LogP contribution in [-0.4, -0.2) is 23.7 Å². The van der Waals surface area contributed by atoms with Gasteiger partial charge in [-0.2, -0.15) is 0 Å². The van der Waals surface area contributed by atoms with Crippen molar-refractivity contribution >= 4 is 5.91 Å². The molecule has 1 aromatic rings. The average molecular weight is 235 g/mol. The second kappa shape index (κ2) is 5.57. The number of aromatic hydroxyl groups is 1. The molecular formula is C13H17NO3. The minimum atomic E-state index is -0.0787. The van der Waals surface area contributed by atoms with Gasteiger partial charge in [-0.3, -0.25) is 4.79 Å². The van der Waals surface area contributed by atoms with Gasteiger partial charge in [0.05, 0.1) is 0 Å². The van der Waals surface area contributed by atoms with Crippen LogP contribution in [-0.2, 0) is 4.79 Å². The van der Waals surface area contributed by atoms with Gasteiger partial charge in [0.25, 0.3) is 5.91 Å². The van der Waals surface area contributed by atoms with Crippen LogP contribution < -0.4 is 10.1 Å². The molecule has 1 fully saturated rings. The highest BCUT2D eigenvalue weighted by atomic mass is 16.5. The molecule has 4 nitrogen and oxygen atoms in total. The van der Waals surface area contributed by atoms with Crippen LogP contribution in [0.1, 0.15) is 25.7 Å². The number of phenols is 1. The van der Waals surface area contributed by atoms with E-state index < -0.39 is 0 Å². The molecule has 2 rings (SSSR count). The van der Waals surface area contributed by atoms with Gasteiger partial charge in [0.1, 0.15) is 11.5 Å². The summed E-state index contributed by atoms with van der Waals surface area (Å²) in [5.41, 5.74) is 0. The number of carbonyl (C=O) groups excluding carboxylic acids is 1. The normalized spacial score (nSPS) is 15.8. The maximum atomic E-state index is 11.6. The highest BCUT2D eigenvalue weighted by Gasteiger charge is 2.16. The standard InChI is InChI=1S/C13H17NO3/c15-11-5-7-12(8-6-11)17-9-13(16)14-10-3-1-2-4-10/h5-8,10,15H,1-4,9H2,(H,14,16). The van der Waals surface area contributed by atoms with Gasteiger partial charge in [-0.15, -0.1) is 0 Å². The first-order chi connectivity index (χ1) is 8.24. The van der Waals surface area contributed by atoms with Crippen molar-refractivity contribution in [1.29, 1.82) is 0 Å². The molecule has 1 saturated carbocycles. The van der Waals surface area contributed by atoms with Crippen LogP contribution in [0.3, 0.4) is 0 Å². The highest BCUT2D eigenvalue weighted by molar-refractivity contribution is 5.77. The first-order valence-corrected chi connectivity index (χ1v) is 5.95. The smallest absolute Gasteiger partial charge is 0.258 e. The first-order valence-electron chi connectivity index (χ1n) is 5.95. The fourth-order valence-corrected chi connectivity index (χ4v) is 2.03. The monoisotopic (exact) mass is 235 g/mol. The molecule has 0 saturated heterocycles. The van der Waals surface area contributed by atoms with Crippen molar-refractivity contribution in [1.82, 2.24) is 5.32 Å². The van der Waals surface area contributed by atoms with E-state index in [2.05, 4.69) is 5.32 Å². The summed E-state index contributed by atoms with van der Waals surface area (Å²) in [5, 5.41) is 12.0. The molecule has 0 aromatic heterocycles. The Morgan fingerprint density at radius 3 is 2.59 bits per heavy atom. The number of benzene rings is 1. The molecule has 0 bridgehead atoms. The third-order valence-electron chi connectivity index (χ3n) is 2.93. The second-order valence-corrected chi connectivity index (χ2v) is 4.33. The summed E-state index contributed by atoms with van der Waals surface area (Å²) in [6.45, 7) is 0.0290. The summed E-state index contributed by atoms with van der Waals surface area (Å²) < 4.78 is 5.31. The predicted molar refractivity (Wildman–Crippen MR) is 64.0 cm³/mol. The quantitative estimate of drug-likeness (QED) is 0.837. The molecule has 0 aliphatic heterocycles. The van der Waals surface area contributed by atoms with Gasteiger partial charge in [-0.05, 0) is 37.1 Å². The number of carbonyl (C=O) groups is 1. The fourth-order valence-electron chi connectivity index (χ4n) is 2.03. The Kier molecular flexibility index (Phi) is 3.85. The molecule has 0 spiro atoms. The Morgan fingerprint density at radius 1 is 1.29 bits per heavy atom. The number of hydrogen-bond acceptors (Lipinski definition) is 3. The molecule has 0 heterocycles. The Hall–Kier alpha value is -1.71. The van der Waals surface area contributed by atoms with E-state index in [9.17, 15) is 4.79 Å². The van der Waals surface area contributed by atoms with Crippen LogP contribution in [0.15, 0.2) is 24.3 Å². The van der Waals surface area contributed by atoms with Crippen molar-refractivity contribution in [3.05, 3.63) is 24.3 Å². The van der Waals surface area contributed by atoms with Crippen molar-refractivity contribution in [2.24, 2.45) is 0 Å². The van der Waals surface area contributed by atoms with E-state index in [1.54, 1.807) is 12.1 Å². The summed E-state index contributed by atoms with van der Waals surface area (Å²) >= 11 is 0. The lowest BCUT2D eigenvalue weighted by Gasteiger charge is -2.12. The molecule has 17 heavy (non-hydrogen) atoms. The van der Waals surface area contributed by atoms with E-state index in [4.69, 9.17) is 9.84 Å². The molecular weight excluding hydrogens is 218 g/mol. The average Bonchev–Trinajstić information content (AvgIpc) is 2.81. The molecule has 2 N–H and O–H groups in total. The zero-order valence-electron chi connectivity index (χ0n) is 9.69. The SMILES string of the molecule is O=C(COc1ccc(O)cc1)NC1CCCC1. The van der Waals surface area contributed by atoms with Gasteiger partial charge in [0.15, 0.2) is 6.61 Å². The number of nitrogens with one attached hydrogen (secondary N) is 1. The minimum absolute atomic E-state index is 0.0290. The molecule has 0 radical (unpaired) electrons. The van der Waals surface area contributed by atoms with Gasteiger partial charge in [-0.1, -0.05) is 12.8 Å². The molecule has 1 aliphatic carbocycles. The molecule has 1 aromatic carbocycles. The van der Waals surface area contributed by atoms with E-state index in [1.165, 1.54) is 25.0 Å². The molecule has 92 valence electrons. The van der Waals surface area contributed by atoms with Crippen LogP contribution in [0.4, 0.5) is 0 Å². The largest absolute Gasteiger partial charge is 0.508 e. The Morgan fingerprint density at radius 2 is 1.94 bits per heavy atom. The number of phenolic OH excluding ortho intramolecular Hbond substituents is 1. The zero-order chi connectivity index (χ0) is 12.1. The van der Waals surface area contributed by atoms with Gasteiger partial charge in [0, 0.05) is 6.04 Å². The Labute approximate surface area is 101 Å². The van der Waals surface area contributed by atoms with Gasteiger partial charge >= 0.3 is 0 Å². The lowest BCUT2D eigenvalue weighted by atomic mass is 10.2. The Bertz CT molecular complexity index is 369. The first kappa shape index (κ1) is 11.8. The summed E-state index contributed by atoms with van der Waals surface area (Å²) in [5.74, 6) is 0.696. The lowest BCUT2D eigenvalue weighted by Crippen LogP contribution is -2.36. The van der Waals surface area contributed by atoms with E-state index >= 15 is 0 Å². The van der Waals surface area contributed by atoms with Crippen molar-refractivity contribution < 1.29 is 14.6 Å². The van der Waals surface area contributed by atoms with Gasteiger partial charge in [0.2, 0.25) is 0 Å². The molecule has 0 atom stereocenters. The summed E-state index contributed by atoms with van der Waals surface area (Å²) in [4.78, 5) is 11.6. The van der Waals surface area contributed by atoms with Crippen LogP contribution in [0.5, 0.6) is 11.5 Å². The summed E-state index contributed by atoms with van der Waals surface area (Å²) in [6.07, 6.45) is 4.55. The number of amides is 1. The Balaban J connectivity index is 1.73. The molecule has 1 amide bonds. The van der Waals surface area contributed by atoms with E-state index in [1.807, 2.05) is 0 Å². The van der Waals surface area contributed by atoms with Crippen LogP contribution >= 0.6 is 0 Å². The second-order valence-electron chi connectivity index (χ2n) is 4.33. The highest BCUT2D eigenvalue weighted by Crippen LogP contribution is 2.18. The summed E-state index contributed by atoms with van der Waals surface area (Å²) in [6, 6.07) is 6.66. The molecule has 0 unspecified atom stereocenters. The van der Waals surface area contributed by atoms with E-state index in [0.29, 0.717) is 11.8 Å². The third kappa shape index (κ3) is 3.66. The van der Waals surface area contributed by atoms with Crippen molar-refractivity contribution in [2.45, 2.75) is 31.7 Å².